The third-order valence-corrected chi connectivity index (χ3v) is 5.00. The van der Waals surface area contributed by atoms with Crippen molar-refractivity contribution in [2.45, 2.75) is 38.1 Å². The Kier molecular flexibility index (Phi) is 6.21. The fraction of sp³-hybridized carbons (Fsp3) is 0.500. The number of nitrogens with zero attached hydrogens (tertiary/aromatic N) is 5. The molecule has 1 fully saturated rings. The van der Waals surface area contributed by atoms with Gasteiger partial charge in [0.1, 0.15) is 5.82 Å². The molecule has 27 heavy (non-hydrogen) atoms. The van der Waals surface area contributed by atoms with E-state index in [-0.39, 0.29) is 30.6 Å². The van der Waals surface area contributed by atoms with Crippen LogP contribution in [0.2, 0.25) is 0 Å². The molecule has 1 aliphatic heterocycles. The molecular weight excluding hydrogens is 342 g/mol. The first-order valence-corrected chi connectivity index (χ1v) is 9.43. The molecule has 1 aliphatic rings. The van der Waals surface area contributed by atoms with Crippen LogP contribution in [0.4, 0.5) is 0 Å². The minimum absolute atomic E-state index is 0.0113. The molecule has 3 heterocycles. The number of aromatic nitrogens is 3. The fourth-order valence-electron chi connectivity index (χ4n) is 3.49. The van der Waals surface area contributed by atoms with E-state index in [4.69, 9.17) is 0 Å². The molecule has 1 unspecified atom stereocenters. The SMILES string of the molecule is CN(C)C(=O)CCC(=O)N1CCCC(c2nccn2Cc2ccccn2)C1. The third kappa shape index (κ3) is 4.93. The van der Waals surface area contributed by atoms with Crippen LogP contribution in [-0.2, 0) is 16.1 Å². The number of likely N-dealkylation sites (tertiary alicyclic amines) is 1. The maximum absolute atomic E-state index is 12.5. The van der Waals surface area contributed by atoms with Gasteiger partial charge < -0.3 is 14.4 Å². The molecule has 0 spiro atoms. The molecule has 0 bridgehead atoms. The summed E-state index contributed by atoms with van der Waals surface area (Å²) in [6.45, 7) is 2.10. The summed E-state index contributed by atoms with van der Waals surface area (Å²) >= 11 is 0. The summed E-state index contributed by atoms with van der Waals surface area (Å²) in [5.41, 5.74) is 0.989. The molecular formula is C20H27N5O2. The highest BCUT2D eigenvalue weighted by Crippen LogP contribution is 2.26. The van der Waals surface area contributed by atoms with Crippen LogP contribution < -0.4 is 0 Å². The van der Waals surface area contributed by atoms with E-state index in [0.29, 0.717) is 13.1 Å². The quantitative estimate of drug-likeness (QED) is 0.780. The number of carbonyl (C=O) groups is 2. The smallest absolute Gasteiger partial charge is 0.223 e. The largest absolute Gasteiger partial charge is 0.349 e. The molecule has 1 saturated heterocycles. The van der Waals surface area contributed by atoms with Gasteiger partial charge in [0, 0.05) is 64.5 Å². The van der Waals surface area contributed by atoms with Crippen molar-refractivity contribution >= 4 is 11.8 Å². The van der Waals surface area contributed by atoms with Gasteiger partial charge in [0.15, 0.2) is 0 Å². The Hall–Kier alpha value is -2.70. The molecule has 7 heteroatoms. The first kappa shape index (κ1) is 19.1. The monoisotopic (exact) mass is 369 g/mol. The van der Waals surface area contributed by atoms with E-state index in [0.717, 1.165) is 30.9 Å². The summed E-state index contributed by atoms with van der Waals surface area (Å²) < 4.78 is 2.12. The van der Waals surface area contributed by atoms with Gasteiger partial charge in [-0.1, -0.05) is 6.07 Å². The van der Waals surface area contributed by atoms with Crippen LogP contribution in [0, 0.1) is 0 Å². The highest BCUT2D eigenvalue weighted by molar-refractivity contribution is 5.83. The predicted octanol–water partition coefficient (Wildman–Crippen LogP) is 1.90. The Balaban J connectivity index is 1.62. The highest BCUT2D eigenvalue weighted by atomic mass is 16.2. The lowest BCUT2D eigenvalue weighted by atomic mass is 9.96. The summed E-state index contributed by atoms with van der Waals surface area (Å²) in [5.74, 6) is 1.26. The van der Waals surface area contributed by atoms with Crippen molar-refractivity contribution in [3.05, 3.63) is 48.3 Å². The van der Waals surface area contributed by atoms with Crippen molar-refractivity contribution in [1.82, 2.24) is 24.3 Å². The topological polar surface area (TPSA) is 71.3 Å². The summed E-state index contributed by atoms with van der Waals surface area (Å²) in [6.07, 6.45) is 8.08. The van der Waals surface area contributed by atoms with Gasteiger partial charge in [-0.2, -0.15) is 0 Å². The van der Waals surface area contributed by atoms with Gasteiger partial charge in [-0.25, -0.2) is 4.98 Å². The molecule has 0 N–H and O–H groups in total. The summed E-state index contributed by atoms with van der Waals surface area (Å²) in [5, 5.41) is 0. The Morgan fingerprint density at radius 2 is 2.04 bits per heavy atom. The average Bonchev–Trinajstić information content (AvgIpc) is 3.14. The second-order valence-corrected chi connectivity index (χ2v) is 7.20. The van der Waals surface area contributed by atoms with E-state index in [2.05, 4.69) is 14.5 Å². The number of pyridine rings is 1. The third-order valence-electron chi connectivity index (χ3n) is 5.00. The van der Waals surface area contributed by atoms with Crippen LogP contribution >= 0.6 is 0 Å². The zero-order valence-corrected chi connectivity index (χ0v) is 16.0. The summed E-state index contributed by atoms with van der Waals surface area (Å²) in [6, 6.07) is 5.89. The van der Waals surface area contributed by atoms with Gasteiger partial charge in [-0.3, -0.25) is 14.6 Å². The Morgan fingerprint density at radius 3 is 2.78 bits per heavy atom. The summed E-state index contributed by atoms with van der Waals surface area (Å²) in [4.78, 5) is 36.6. The molecule has 0 aliphatic carbocycles. The highest BCUT2D eigenvalue weighted by Gasteiger charge is 2.27. The average molecular weight is 369 g/mol. The van der Waals surface area contributed by atoms with Crippen molar-refractivity contribution in [1.29, 1.82) is 0 Å². The molecule has 1 atom stereocenters. The number of hydrogen-bond donors (Lipinski definition) is 0. The van der Waals surface area contributed by atoms with E-state index < -0.39 is 0 Å². The minimum Gasteiger partial charge on any atom is -0.349 e. The van der Waals surface area contributed by atoms with Gasteiger partial charge >= 0.3 is 0 Å². The van der Waals surface area contributed by atoms with Crippen LogP contribution in [-0.4, -0.2) is 63.3 Å². The standard InChI is InChI=1S/C20H27N5O2/c1-23(2)18(26)8-9-19(27)24-12-5-6-16(14-24)20-22-11-13-25(20)15-17-7-3-4-10-21-17/h3-4,7,10-11,13,16H,5-6,8-9,12,14-15H2,1-2H3. The van der Waals surface area contributed by atoms with Gasteiger partial charge in [0.2, 0.25) is 11.8 Å². The molecule has 0 saturated carbocycles. The molecule has 2 aromatic rings. The second kappa shape index (κ2) is 8.79. The van der Waals surface area contributed by atoms with E-state index in [1.54, 1.807) is 20.3 Å². The molecule has 2 aromatic heterocycles. The number of piperidine rings is 1. The van der Waals surface area contributed by atoms with Crippen LogP contribution in [0.1, 0.15) is 43.1 Å². The zero-order valence-electron chi connectivity index (χ0n) is 16.0. The molecule has 2 amide bonds. The lowest BCUT2D eigenvalue weighted by molar-refractivity contribution is -0.136. The lowest BCUT2D eigenvalue weighted by Gasteiger charge is -2.33. The first-order valence-electron chi connectivity index (χ1n) is 9.43. The van der Waals surface area contributed by atoms with E-state index in [9.17, 15) is 9.59 Å². The van der Waals surface area contributed by atoms with Crippen LogP contribution in [0.3, 0.4) is 0 Å². The van der Waals surface area contributed by atoms with Crippen molar-refractivity contribution in [2.75, 3.05) is 27.2 Å². The van der Waals surface area contributed by atoms with Crippen LogP contribution in [0.5, 0.6) is 0 Å². The van der Waals surface area contributed by atoms with Crippen molar-refractivity contribution < 1.29 is 9.59 Å². The van der Waals surface area contributed by atoms with Crippen molar-refractivity contribution in [2.24, 2.45) is 0 Å². The minimum atomic E-state index is -0.0113. The number of imidazole rings is 1. The maximum atomic E-state index is 12.5. The van der Waals surface area contributed by atoms with Crippen molar-refractivity contribution in [3.63, 3.8) is 0 Å². The van der Waals surface area contributed by atoms with Gasteiger partial charge in [0.25, 0.3) is 0 Å². The van der Waals surface area contributed by atoms with E-state index >= 15 is 0 Å². The lowest BCUT2D eigenvalue weighted by Crippen LogP contribution is -2.40. The summed E-state index contributed by atoms with van der Waals surface area (Å²) in [7, 11) is 3.43. The second-order valence-electron chi connectivity index (χ2n) is 7.20. The molecule has 0 aromatic carbocycles. The van der Waals surface area contributed by atoms with Crippen LogP contribution in [0.25, 0.3) is 0 Å². The van der Waals surface area contributed by atoms with Crippen molar-refractivity contribution in [3.8, 4) is 0 Å². The van der Waals surface area contributed by atoms with E-state index in [1.807, 2.05) is 35.5 Å². The first-order chi connectivity index (χ1) is 13.0. The van der Waals surface area contributed by atoms with Gasteiger partial charge in [-0.05, 0) is 25.0 Å². The predicted molar refractivity (Wildman–Crippen MR) is 102 cm³/mol. The number of amides is 2. The Labute approximate surface area is 160 Å². The fourth-order valence-corrected chi connectivity index (χ4v) is 3.49. The molecule has 0 radical (unpaired) electrons. The van der Waals surface area contributed by atoms with Crippen LogP contribution in [0.15, 0.2) is 36.8 Å². The van der Waals surface area contributed by atoms with Gasteiger partial charge in [0.05, 0.1) is 12.2 Å². The molecule has 144 valence electrons. The van der Waals surface area contributed by atoms with Gasteiger partial charge in [-0.15, -0.1) is 0 Å². The normalized spacial score (nSPS) is 17.0. The van der Waals surface area contributed by atoms with E-state index in [1.165, 1.54) is 4.90 Å². The number of carbonyl (C=O) groups excluding carboxylic acids is 2. The Morgan fingerprint density at radius 1 is 1.19 bits per heavy atom. The molecule has 3 rings (SSSR count). The number of rotatable bonds is 6. The zero-order chi connectivity index (χ0) is 19.2. The number of hydrogen-bond acceptors (Lipinski definition) is 4. The molecule has 7 nitrogen and oxygen atoms in total. The maximum Gasteiger partial charge on any atom is 0.223 e. The Bertz CT molecular complexity index is 772.